The molecule has 2 aliphatic carbocycles. The molecule has 1 heterocycles. The zero-order valence-electron chi connectivity index (χ0n) is 23.3. The predicted octanol–water partition coefficient (Wildman–Crippen LogP) is 6.81. The highest BCUT2D eigenvalue weighted by molar-refractivity contribution is 6.46. The summed E-state index contributed by atoms with van der Waals surface area (Å²) in [4.78, 5) is 32.9. The van der Waals surface area contributed by atoms with E-state index in [0.717, 1.165) is 37.0 Å². The average Bonchev–Trinajstić information content (AvgIpc) is 3.25. The van der Waals surface area contributed by atoms with Crippen LogP contribution in [0, 0.1) is 5.92 Å². The van der Waals surface area contributed by atoms with Gasteiger partial charge in [0, 0.05) is 18.7 Å². The molecule has 1 fully saturated rings. The highest BCUT2D eigenvalue weighted by atomic mass is 19.4. The van der Waals surface area contributed by atoms with Crippen molar-refractivity contribution in [2.24, 2.45) is 10.9 Å². The third kappa shape index (κ3) is 6.31. The van der Waals surface area contributed by atoms with Crippen LogP contribution >= 0.6 is 0 Å². The summed E-state index contributed by atoms with van der Waals surface area (Å²) in [6.07, 6.45) is 6.45. The number of hydrogen-bond acceptors (Lipinski definition) is 3. The van der Waals surface area contributed by atoms with E-state index in [0.29, 0.717) is 44.7 Å². The molecule has 0 aromatic heterocycles. The first-order chi connectivity index (χ1) is 19.7. The van der Waals surface area contributed by atoms with Gasteiger partial charge in [0.1, 0.15) is 11.4 Å². The predicted molar refractivity (Wildman–Crippen MR) is 153 cm³/mol. The molecule has 2 aromatic carbocycles. The van der Waals surface area contributed by atoms with E-state index in [1.165, 1.54) is 17.7 Å². The van der Waals surface area contributed by atoms with E-state index in [1.807, 2.05) is 43.4 Å². The molecular weight excluding hydrogens is 527 g/mol. The summed E-state index contributed by atoms with van der Waals surface area (Å²) < 4.78 is 40.4. The number of carbonyl (C=O) groups is 2. The van der Waals surface area contributed by atoms with Crippen LogP contribution in [0.3, 0.4) is 0 Å². The minimum Gasteiger partial charge on any atom is -0.356 e. The smallest absolute Gasteiger partial charge is 0.356 e. The van der Waals surface area contributed by atoms with Crippen molar-refractivity contribution in [2.75, 3.05) is 13.1 Å². The lowest BCUT2D eigenvalue weighted by Gasteiger charge is -2.42. The molecule has 1 spiro atoms. The lowest BCUT2D eigenvalue weighted by molar-refractivity contribution is -0.137. The number of halogens is 3. The first-order valence-corrected chi connectivity index (χ1v) is 14.5. The zero-order chi connectivity index (χ0) is 29.0. The van der Waals surface area contributed by atoms with Gasteiger partial charge in [-0.05, 0) is 68.6 Å². The van der Waals surface area contributed by atoms with Gasteiger partial charge in [-0.2, -0.15) is 13.2 Å². The topological polar surface area (TPSA) is 61.8 Å². The minimum atomic E-state index is -4.51. The molecule has 1 atom stereocenters. The average molecular weight is 564 g/mol. The van der Waals surface area contributed by atoms with Crippen LogP contribution in [0.4, 0.5) is 13.2 Å². The Balaban J connectivity index is 1.35. The summed E-state index contributed by atoms with van der Waals surface area (Å²) in [5.74, 6) is -0.151. The van der Waals surface area contributed by atoms with Crippen LogP contribution in [0.15, 0.2) is 83.4 Å². The maximum Gasteiger partial charge on any atom is 0.416 e. The lowest BCUT2D eigenvalue weighted by Crippen LogP contribution is -2.49. The highest BCUT2D eigenvalue weighted by Gasteiger charge is 2.49. The number of nitrogens with zero attached hydrogens (tertiary/aromatic N) is 2. The molecule has 0 saturated heterocycles. The number of amides is 2. The van der Waals surface area contributed by atoms with Crippen LogP contribution in [-0.4, -0.2) is 41.2 Å². The number of allylic oxidation sites excluding steroid dienone is 2. The van der Waals surface area contributed by atoms with Crippen molar-refractivity contribution in [1.29, 1.82) is 0 Å². The Morgan fingerprint density at radius 3 is 2.51 bits per heavy atom. The minimum absolute atomic E-state index is 0.0152. The fourth-order valence-electron chi connectivity index (χ4n) is 6.16. The molecule has 3 aliphatic rings. The number of aliphatic imine (C=N–C) groups is 1. The third-order valence-corrected chi connectivity index (χ3v) is 8.48. The standard InChI is InChI=1S/C33H36F3N3O2/c1-2-20-37-30(40)26-13-11-23(12-14-26)17-21-39-31(41)29(27-9-6-10-28(22-27)33(34,35)36)38-32(39)18-15-25(16-19-32)24-7-4-3-5-8-24/h3-13,22,25-26H,2,14-21H2,1H3,(H,37,40). The van der Waals surface area contributed by atoms with Crippen LogP contribution in [0.25, 0.3) is 0 Å². The second-order valence-electron chi connectivity index (χ2n) is 11.2. The van der Waals surface area contributed by atoms with Gasteiger partial charge >= 0.3 is 6.18 Å². The molecular formula is C33H36F3N3O2. The van der Waals surface area contributed by atoms with E-state index in [2.05, 4.69) is 17.4 Å². The maximum absolute atomic E-state index is 13.8. The molecule has 216 valence electrons. The molecule has 2 amide bonds. The third-order valence-electron chi connectivity index (χ3n) is 8.48. The van der Waals surface area contributed by atoms with Crippen LogP contribution in [0.5, 0.6) is 0 Å². The highest BCUT2D eigenvalue weighted by Crippen LogP contribution is 2.45. The van der Waals surface area contributed by atoms with E-state index >= 15 is 0 Å². The van der Waals surface area contributed by atoms with Gasteiger partial charge in [0.2, 0.25) is 5.91 Å². The molecule has 1 aliphatic heterocycles. The molecule has 5 rings (SSSR count). The molecule has 2 aromatic rings. The summed E-state index contributed by atoms with van der Waals surface area (Å²) >= 11 is 0. The number of benzene rings is 2. The Kier molecular flexibility index (Phi) is 8.47. The largest absolute Gasteiger partial charge is 0.416 e. The Morgan fingerprint density at radius 2 is 1.85 bits per heavy atom. The fourth-order valence-corrected chi connectivity index (χ4v) is 6.16. The van der Waals surface area contributed by atoms with Gasteiger partial charge in [0.15, 0.2) is 0 Å². The Labute approximate surface area is 239 Å². The summed E-state index contributed by atoms with van der Waals surface area (Å²) in [5.41, 5.74) is 1.05. The Morgan fingerprint density at radius 1 is 1.10 bits per heavy atom. The van der Waals surface area contributed by atoms with Crippen molar-refractivity contribution in [1.82, 2.24) is 10.2 Å². The van der Waals surface area contributed by atoms with Gasteiger partial charge in [-0.3, -0.25) is 14.6 Å². The van der Waals surface area contributed by atoms with Crippen LogP contribution in [0.2, 0.25) is 0 Å². The van der Waals surface area contributed by atoms with Gasteiger partial charge < -0.3 is 10.2 Å². The summed E-state index contributed by atoms with van der Waals surface area (Å²) in [7, 11) is 0. The van der Waals surface area contributed by atoms with E-state index in [-0.39, 0.29) is 29.0 Å². The van der Waals surface area contributed by atoms with Crippen molar-refractivity contribution in [3.05, 3.63) is 95.1 Å². The van der Waals surface area contributed by atoms with E-state index in [4.69, 9.17) is 4.99 Å². The molecule has 8 heteroatoms. The molecule has 0 bridgehead atoms. The SMILES string of the molecule is CCCNC(=O)C1C=CC(CCN2C(=O)C(c3cccc(C(F)(F)F)c3)=NC23CCC(c2ccccc2)CC3)=CC1. The second-order valence-corrected chi connectivity index (χ2v) is 11.2. The molecule has 1 N–H and O–H groups in total. The van der Waals surface area contributed by atoms with Gasteiger partial charge in [0.25, 0.3) is 5.91 Å². The number of nitrogens with one attached hydrogen (secondary N) is 1. The number of carbonyl (C=O) groups excluding carboxylic acids is 2. The monoisotopic (exact) mass is 563 g/mol. The van der Waals surface area contributed by atoms with Crippen molar-refractivity contribution in [3.8, 4) is 0 Å². The number of rotatable bonds is 8. The van der Waals surface area contributed by atoms with Crippen molar-refractivity contribution in [3.63, 3.8) is 0 Å². The Hall–Kier alpha value is -3.68. The number of alkyl halides is 3. The molecule has 41 heavy (non-hydrogen) atoms. The van der Waals surface area contributed by atoms with E-state index in [1.54, 1.807) is 4.90 Å². The van der Waals surface area contributed by atoms with Gasteiger partial charge in [-0.1, -0.05) is 73.2 Å². The molecule has 0 radical (unpaired) electrons. The second kappa shape index (κ2) is 12.0. The maximum atomic E-state index is 13.8. The van der Waals surface area contributed by atoms with Crippen molar-refractivity contribution >= 4 is 17.5 Å². The molecule has 1 unspecified atom stereocenters. The van der Waals surface area contributed by atoms with Gasteiger partial charge in [-0.25, -0.2) is 0 Å². The quantitative estimate of drug-likeness (QED) is 0.384. The van der Waals surface area contributed by atoms with Gasteiger partial charge in [0.05, 0.1) is 11.5 Å². The molecule has 5 nitrogen and oxygen atoms in total. The van der Waals surface area contributed by atoms with Crippen molar-refractivity contribution in [2.45, 2.75) is 69.6 Å². The molecule has 1 saturated carbocycles. The summed E-state index contributed by atoms with van der Waals surface area (Å²) in [6, 6.07) is 15.2. The Bertz CT molecular complexity index is 1360. The first kappa shape index (κ1) is 28.8. The van der Waals surface area contributed by atoms with Crippen LogP contribution in [-0.2, 0) is 15.8 Å². The van der Waals surface area contributed by atoms with Crippen LogP contribution < -0.4 is 5.32 Å². The van der Waals surface area contributed by atoms with Crippen molar-refractivity contribution < 1.29 is 22.8 Å². The fraction of sp³-hybridized carbons (Fsp3) is 0.424. The normalized spacial score (nSPS) is 24.4. The van der Waals surface area contributed by atoms with Crippen LogP contribution in [0.1, 0.15) is 74.5 Å². The van der Waals surface area contributed by atoms with E-state index in [9.17, 15) is 22.8 Å². The van der Waals surface area contributed by atoms with Gasteiger partial charge in [-0.15, -0.1) is 0 Å². The summed E-state index contributed by atoms with van der Waals surface area (Å²) in [5, 5.41) is 2.93. The zero-order valence-corrected chi connectivity index (χ0v) is 23.3. The van der Waals surface area contributed by atoms with E-state index < -0.39 is 17.4 Å². The number of hydrogen-bond donors (Lipinski definition) is 1. The lowest BCUT2D eigenvalue weighted by atomic mass is 9.78. The first-order valence-electron chi connectivity index (χ1n) is 14.5. The summed E-state index contributed by atoms with van der Waals surface area (Å²) in [6.45, 7) is 3.07.